The number of carboxylic acids is 1. The predicted molar refractivity (Wildman–Crippen MR) is 62.9 cm³/mol. The van der Waals surface area contributed by atoms with Crippen LogP contribution in [0.25, 0.3) is 0 Å². The van der Waals surface area contributed by atoms with Gasteiger partial charge in [0, 0.05) is 6.54 Å². The average molecular weight is 255 g/mol. The third-order valence-corrected chi connectivity index (χ3v) is 2.21. The molecular weight excluding hydrogens is 241 g/mol. The van der Waals surface area contributed by atoms with E-state index in [4.69, 9.17) is 5.11 Å². The topological polar surface area (TPSA) is 66.8 Å². The number of hydrogen-bond donors (Lipinski definition) is 1. The minimum atomic E-state index is -1.16. The summed E-state index contributed by atoms with van der Waals surface area (Å²) in [7, 11) is 0. The van der Waals surface area contributed by atoms with Crippen molar-refractivity contribution in [2.75, 3.05) is 24.7 Å². The van der Waals surface area contributed by atoms with Gasteiger partial charge in [-0.3, -0.25) is 4.79 Å². The lowest BCUT2D eigenvalue weighted by molar-refractivity contribution is -0.143. The molecule has 0 spiro atoms. The maximum atomic E-state index is 13.5. The molecule has 98 valence electrons. The summed E-state index contributed by atoms with van der Waals surface area (Å²) < 4.78 is 18.2. The molecule has 1 aromatic rings. The summed E-state index contributed by atoms with van der Waals surface area (Å²) in [5, 5.41) is 8.37. The van der Waals surface area contributed by atoms with E-state index >= 15 is 0 Å². The van der Waals surface area contributed by atoms with Crippen molar-refractivity contribution in [3.63, 3.8) is 0 Å². The summed E-state index contributed by atoms with van der Waals surface area (Å²) in [4.78, 5) is 23.2. The molecule has 0 saturated heterocycles. The summed E-state index contributed by atoms with van der Waals surface area (Å²) in [6.45, 7) is 1.02. The molecule has 0 bridgehead atoms. The lowest BCUT2D eigenvalue weighted by Crippen LogP contribution is -2.35. The molecule has 1 rings (SSSR count). The Morgan fingerprint density at radius 1 is 1.33 bits per heavy atom. The first-order valence-corrected chi connectivity index (χ1v) is 5.40. The second-order valence-corrected chi connectivity index (χ2v) is 3.48. The minimum absolute atomic E-state index is 0.156. The molecule has 0 atom stereocenters. The van der Waals surface area contributed by atoms with Crippen LogP contribution in [-0.2, 0) is 14.3 Å². The van der Waals surface area contributed by atoms with Crippen LogP contribution >= 0.6 is 0 Å². The number of hydrogen-bond acceptors (Lipinski definition) is 3. The quantitative estimate of drug-likeness (QED) is 0.831. The molecule has 0 heterocycles. The van der Waals surface area contributed by atoms with Crippen molar-refractivity contribution < 1.29 is 23.8 Å². The first kappa shape index (κ1) is 14.1. The number of likely N-dealkylation sites (N-methyl/N-ethyl adjacent to an activating group) is 1. The summed E-state index contributed by atoms with van der Waals surface area (Å²) in [6, 6.07) is 5.88. The van der Waals surface area contributed by atoms with Crippen LogP contribution in [0, 0.1) is 5.82 Å². The monoisotopic (exact) mass is 255 g/mol. The zero-order valence-electron chi connectivity index (χ0n) is 9.93. The Hall–Kier alpha value is -1.95. The standard InChI is InChI=1S/C12H14FNO4/c1-2-14(10-6-4-3-5-9(10)13)11(15)7-18-8-12(16)17/h3-6H,2,7-8H2,1H3,(H,16,17). The van der Waals surface area contributed by atoms with Crippen molar-refractivity contribution in [2.45, 2.75) is 6.92 Å². The number of nitrogens with zero attached hydrogens (tertiary/aromatic N) is 1. The maximum absolute atomic E-state index is 13.5. The number of carbonyl (C=O) groups excluding carboxylic acids is 1. The van der Waals surface area contributed by atoms with Gasteiger partial charge in [0.05, 0.1) is 5.69 Å². The second kappa shape index (κ2) is 6.70. The fourth-order valence-electron chi connectivity index (χ4n) is 1.46. The number of halogens is 1. The Morgan fingerprint density at radius 2 is 2.00 bits per heavy atom. The van der Waals surface area contributed by atoms with E-state index < -0.39 is 30.9 Å². The van der Waals surface area contributed by atoms with E-state index in [0.717, 1.165) is 0 Å². The third-order valence-electron chi connectivity index (χ3n) is 2.21. The van der Waals surface area contributed by atoms with Crippen molar-refractivity contribution >= 4 is 17.6 Å². The number of para-hydroxylation sites is 1. The van der Waals surface area contributed by atoms with Gasteiger partial charge < -0.3 is 14.7 Å². The van der Waals surface area contributed by atoms with Gasteiger partial charge in [0.1, 0.15) is 19.0 Å². The molecule has 0 radical (unpaired) electrons. The van der Waals surface area contributed by atoms with E-state index in [9.17, 15) is 14.0 Å². The molecule has 0 aromatic heterocycles. The Labute approximate surface area is 104 Å². The molecule has 0 saturated carbocycles. The SMILES string of the molecule is CCN(C(=O)COCC(=O)O)c1ccccc1F. The molecule has 0 aliphatic heterocycles. The Kier molecular flexibility index (Phi) is 5.26. The highest BCUT2D eigenvalue weighted by atomic mass is 19.1. The van der Waals surface area contributed by atoms with Gasteiger partial charge in [-0.2, -0.15) is 0 Å². The van der Waals surface area contributed by atoms with Gasteiger partial charge in [0.15, 0.2) is 0 Å². The normalized spacial score (nSPS) is 10.1. The van der Waals surface area contributed by atoms with Crippen molar-refractivity contribution in [1.29, 1.82) is 0 Å². The van der Waals surface area contributed by atoms with E-state index in [-0.39, 0.29) is 12.2 Å². The minimum Gasteiger partial charge on any atom is -0.480 e. The Balaban J connectivity index is 2.69. The van der Waals surface area contributed by atoms with E-state index in [1.807, 2.05) is 0 Å². The highest BCUT2D eigenvalue weighted by Gasteiger charge is 2.17. The predicted octanol–water partition coefficient (Wildman–Crippen LogP) is 1.28. The van der Waals surface area contributed by atoms with Crippen molar-refractivity contribution in [3.05, 3.63) is 30.1 Å². The van der Waals surface area contributed by atoms with Crippen LogP contribution in [0.15, 0.2) is 24.3 Å². The van der Waals surface area contributed by atoms with Crippen LogP contribution in [0.1, 0.15) is 6.92 Å². The van der Waals surface area contributed by atoms with E-state index in [1.165, 1.54) is 23.1 Å². The number of aliphatic carboxylic acids is 1. The number of anilines is 1. The number of carbonyl (C=O) groups is 2. The molecule has 0 fully saturated rings. The van der Waals surface area contributed by atoms with Crippen molar-refractivity contribution in [1.82, 2.24) is 0 Å². The molecule has 18 heavy (non-hydrogen) atoms. The summed E-state index contributed by atoms with van der Waals surface area (Å²) >= 11 is 0. The molecule has 1 amide bonds. The van der Waals surface area contributed by atoms with Crippen LogP contribution in [0.3, 0.4) is 0 Å². The number of benzene rings is 1. The molecule has 5 nitrogen and oxygen atoms in total. The van der Waals surface area contributed by atoms with Gasteiger partial charge in [0.2, 0.25) is 0 Å². The van der Waals surface area contributed by atoms with Crippen molar-refractivity contribution in [2.24, 2.45) is 0 Å². The van der Waals surface area contributed by atoms with Gasteiger partial charge in [-0.15, -0.1) is 0 Å². The van der Waals surface area contributed by atoms with Crippen LogP contribution < -0.4 is 4.90 Å². The fourth-order valence-corrected chi connectivity index (χ4v) is 1.46. The Bertz CT molecular complexity index is 436. The first-order chi connectivity index (χ1) is 8.56. The third kappa shape index (κ3) is 3.81. The second-order valence-electron chi connectivity index (χ2n) is 3.48. The number of rotatable bonds is 6. The van der Waals surface area contributed by atoms with Gasteiger partial charge in [0.25, 0.3) is 5.91 Å². The molecule has 1 aromatic carbocycles. The molecular formula is C12H14FNO4. The lowest BCUT2D eigenvalue weighted by Gasteiger charge is -2.21. The van der Waals surface area contributed by atoms with Crippen LogP contribution in [0.4, 0.5) is 10.1 Å². The van der Waals surface area contributed by atoms with Crippen LogP contribution in [-0.4, -0.2) is 36.7 Å². The van der Waals surface area contributed by atoms with Crippen LogP contribution in [0.2, 0.25) is 0 Å². The molecule has 1 N–H and O–H groups in total. The first-order valence-electron chi connectivity index (χ1n) is 5.40. The zero-order valence-corrected chi connectivity index (χ0v) is 9.93. The average Bonchev–Trinajstić information content (AvgIpc) is 2.32. The molecule has 0 unspecified atom stereocenters. The lowest BCUT2D eigenvalue weighted by atomic mass is 10.2. The van der Waals surface area contributed by atoms with E-state index in [1.54, 1.807) is 13.0 Å². The van der Waals surface area contributed by atoms with Crippen molar-refractivity contribution in [3.8, 4) is 0 Å². The molecule has 6 heteroatoms. The zero-order chi connectivity index (χ0) is 13.5. The van der Waals surface area contributed by atoms with Gasteiger partial charge in [-0.05, 0) is 19.1 Å². The van der Waals surface area contributed by atoms with Gasteiger partial charge >= 0.3 is 5.97 Å². The van der Waals surface area contributed by atoms with Gasteiger partial charge in [-0.1, -0.05) is 12.1 Å². The Morgan fingerprint density at radius 3 is 2.56 bits per heavy atom. The molecule has 0 aliphatic carbocycles. The number of ether oxygens (including phenoxy) is 1. The maximum Gasteiger partial charge on any atom is 0.329 e. The van der Waals surface area contributed by atoms with Gasteiger partial charge in [-0.25, -0.2) is 9.18 Å². The number of carboxylic acid groups (broad SMARTS) is 1. The fraction of sp³-hybridized carbons (Fsp3) is 0.333. The smallest absolute Gasteiger partial charge is 0.329 e. The molecule has 0 aliphatic rings. The highest BCUT2D eigenvalue weighted by Crippen LogP contribution is 2.18. The largest absolute Gasteiger partial charge is 0.480 e. The highest BCUT2D eigenvalue weighted by molar-refractivity contribution is 5.94. The number of amides is 1. The summed E-state index contributed by atoms with van der Waals surface area (Å²) in [5.74, 6) is -2.15. The van der Waals surface area contributed by atoms with E-state index in [0.29, 0.717) is 0 Å². The summed E-state index contributed by atoms with van der Waals surface area (Å²) in [6.07, 6.45) is 0. The van der Waals surface area contributed by atoms with Crippen LogP contribution in [0.5, 0.6) is 0 Å². The summed E-state index contributed by atoms with van der Waals surface area (Å²) in [5.41, 5.74) is 0.156. The van der Waals surface area contributed by atoms with E-state index in [2.05, 4.69) is 4.74 Å².